The molecule has 0 aliphatic heterocycles. The molecule has 0 unspecified atom stereocenters. The molecule has 0 saturated heterocycles. The predicted molar refractivity (Wildman–Crippen MR) is 92.2 cm³/mol. The Hall–Kier alpha value is -2.14. The maximum atomic E-state index is 13.0. The lowest BCUT2D eigenvalue weighted by molar-refractivity contribution is 0.0729. The Bertz CT molecular complexity index is 869. The van der Waals surface area contributed by atoms with Crippen molar-refractivity contribution in [1.82, 2.24) is 14.3 Å². The third-order valence-corrected chi connectivity index (χ3v) is 4.62. The molecule has 1 aromatic carbocycles. The van der Waals surface area contributed by atoms with E-state index < -0.39 is 0 Å². The highest BCUT2D eigenvalue weighted by molar-refractivity contribution is 9.10. The highest BCUT2D eigenvalue weighted by atomic mass is 79.9. The van der Waals surface area contributed by atoms with Crippen LogP contribution in [-0.2, 0) is 6.54 Å². The molecule has 1 amide bonds. The van der Waals surface area contributed by atoms with Gasteiger partial charge in [-0.15, -0.1) is 0 Å². The summed E-state index contributed by atoms with van der Waals surface area (Å²) >= 11 is 3.50. The van der Waals surface area contributed by atoms with Crippen LogP contribution in [0.3, 0.4) is 0 Å². The number of hydrogen-bond donors (Lipinski definition) is 0. The van der Waals surface area contributed by atoms with Crippen molar-refractivity contribution in [3.8, 4) is 0 Å². The number of nitrogens with zero attached hydrogens (tertiary/aromatic N) is 3. The Morgan fingerprint density at radius 3 is 2.96 bits per heavy atom. The Labute approximate surface area is 142 Å². The smallest absolute Gasteiger partial charge is 0.255 e. The molecule has 2 aromatic heterocycles. The van der Waals surface area contributed by atoms with E-state index in [9.17, 15) is 4.79 Å². The SMILES string of the molecule is O=C(c1ccc2nccn2c1)N(Cc1cccc(Br)c1)C1CC1. The van der Waals surface area contributed by atoms with Gasteiger partial charge in [0.25, 0.3) is 5.91 Å². The summed E-state index contributed by atoms with van der Waals surface area (Å²) in [7, 11) is 0. The van der Waals surface area contributed by atoms with Gasteiger partial charge in [0.05, 0.1) is 5.56 Å². The van der Waals surface area contributed by atoms with Crippen molar-refractivity contribution in [3.05, 3.63) is 70.6 Å². The first kappa shape index (κ1) is 14.5. The van der Waals surface area contributed by atoms with Crippen LogP contribution in [0.25, 0.3) is 5.65 Å². The van der Waals surface area contributed by atoms with Gasteiger partial charge in [-0.3, -0.25) is 4.79 Å². The van der Waals surface area contributed by atoms with E-state index in [1.807, 2.05) is 46.0 Å². The molecule has 0 atom stereocenters. The second-order valence-corrected chi connectivity index (χ2v) is 6.82. The monoisotopic (exact) mass is 369 g/mol. The van der Waals surface area contributed by atoms with Gasteiger partial charge in [0, 0.05) is 35.6 Å². The Balaban J connectivity index is 1.62. The van der Waals surface area contributed by atoms with Gasteiger partial charge < -0.3 is 9.30 Å². The van der Waals surface area contributed by atoms with Crippen LogP contribution < -0.4 is 0 Å². The first-order valence-corrected chi connectivity index (χ1v) is 8.48. The van der Waals surface area contributed by atoms with E-state index in [-0.39, 0.29) is 5.91 Å². The fraction of sp³-hybridized carbons (Fsp3) is 0.222. The zero-order chi connectivity index (χ0) is 15.8. The normalized spacial score (nSPS) is 14.1. The molecule has 2 heterocycles. The average molecular weight is 370 g/mol. The minimum Gasteiger partial charge on any atom is -0.331 e. The van der Waals surface area contributed by atoms with E-state index in [0.29, 0.717) is 18.2 Å². The molecule has 1 saturated carbocycles. The first-order chi connectivity index (χ1) is 11.2. The summed E-state index contributed by atoms with van der Waals surface area (Å²) < 4.78 is 2.93. The molecule has 0 spiro atoms. The van der Waals surface area contributed by atoms with E-state index >= 15 is 0 Å². The van der Waals surface area contributed by atoms with Crippen LogP contribution in [0.2, 0.25) is 0 Å². The second-order valence-electron chi connectivity index (χ2n) is 5.90. The van der Waals surface area contributed by atoms with E-state index in [4.69, 9.17) is 0 Å². The zero-order valence-corrected chi connectivity index (χ0v) is 14.1. The Morgan fingerprint density at radius 1 is 1.30 bits per heavy atom. The molecule has 3 aromatic rings. The van der Waals surface area contributed by atoms with E-state index in [2.05, 4.69) is 33.0 Å². The topological polar surface area (TPSA) is 37.6 Å². The zero-order valence-electron chi connectivity index (χ0n) is 12.5. The number of imidazole rings is 1. The minimum atomic E-state index is 0.0862. The lowest BCUT2D eigenvalue weighted by Gasteiger charge is -2.23. The van der Waals surface area contributed by atoms with Gasteiger partial charge >= 0.3 is 0 Å². The molecule has 1 aliphatic rings. The quantitative estimate of drug-likeness (QED) is 0.699. The standard InChI is InChI=1S/C18H16BrN3O/c19-15-3-1-2-13(10-15)11-22(16-5-6-16)18(23)14-4-7-17-20-8-9-21(17)12-14/h1-4,7-10,12,16H,5-6,11H2. The summed E-state index contributed by atoms with van der Waals surface area (Å²) in [6.07, 6.45) is 7.65. The van der Waals surface area contributed by atoms with E-state index in [1.165, 1.54) is 0 Å². The average Bonchev–Trinajstić information content (AvgIpc) is 3.28. The molecule has 4 rings (SSSR count). The minimum absolute atomic E-state index is 0.0862. The van der Waals surface area contributed by atoms with Gasteiger partial charge in [-0.2, -0.15) is 0 Å². The van der Waals surface area contributed by atoms with Crippen molar-refractivity contribution in [2.24, 2.45) is 0 Å². The number of carbonyl (C=O) groups is 1. The third kappa shape index (κ3) is 3.01. The van der Waals surface area contributed by atoms with Crippen molar-refractivity contribution >= 4 is 27.5 Å². The Kier molecular flexibility index (Phi) is 3.65. The number of rotatable bonds is 4. The largest absolute Gasteiger partial charge is 0.331 e. The maximum absolute atomic E-state index is 13.0. The number of amides is 1. The van der Waals surface area contributed by atoms with Crippen molar-refractivity contribution in [1.29, 1.82) is 0 Å². The molecular weight excluding hydrogens is 354 g/mol. The molecular formula is C18H16BrN3O. The molecule has 0 N–H and O–H groups in total. The molecule has 1 aliphatic carbocycles. The number of benzene rings is 1. The summed E-state index contributed by atoms with van der Waals surface area (Å²) in [6, 6.07) is 12.2. The van der Waals surface area contributed by atoms with Crippen LogP contribution in [0.1, 0.15) is 28.8 Å². The third-order valence-electron chi connectivity index (χ3n) is 4.13. The van der Waals surface area contributed by atoms with E-state index in [1.54, 1.807) is 6.20 Å². The molecule has 23 heavy (non-hydrogen) atoms. The number of pyridine rings is 1. The summed E-state index contributed by atoms with van der Waals surface area (Å²) in [4.78, 5) is 19.2. The van der Waals surface area contributed by atoms with Crippen LogP contribution in [0.5, 0.6) is 0 Å². The van der Waals surface area contributed by atoms with Crippen molar-refractivity contribution in [3.63, 3.8) is 0 Å². The number of hydrogen-bond acceptors (Lipinski definition) is 2. The highest BCUT2D eigenvalue weighted by Crippen LogP contribution is 2.30. The number of aromatic nitrogens is 2. The number of fused-ring (bicyclic) bond motifs is 1. The highest BCUT2D eigenvalue weighted by Gasteiger charge is 2.33. The van der Waals surface area contributed by atoms with Crippen molar-refractivity contribution < 1.29 is 4.79 Å². The maximum Gasteiger partial charge on any atom is 0.255 e. The molecule has 116 valence electrons. The molecule has 5 heteroatoms. The summed E-state index contributed by atoms with van der Waals surface area (Å²) in [6.45, 7) is 0.644. The van der Waals surface area contributed by atoms with Gasteiger partial charge in [-0.05, 0) is 42.7 Å². The van der Waals surface area contributed by atoms with Crippen LogP contribution in [0.15, 0.2) is 59.5 Å². The molecule has 1 fully saturated rings. The van der Waals surface area contributed by atoms with Crippen LogP contribution >= 0.6 is 15.9 Å². The fourth-order valence-corrected chi connectivity index (χ4v) is 3.24. The van der Waals surface area contributed by atoms with E-state index in [0.717, 1.165) is 28.5 Å². The van der Waals surface area contributed by atoms with Gasteiger partial charge in [-0.25, -0.2) is 4.98 Å². The Morgan fingerprint density at radius 2 is 2.17 bits per heavy atom. The lowest BCUT2D eigenvalue weighted by Crippen LogP contribution is -2.32. The molecule has 4 nitrogen and oxygen atoms in total. The molecule has 0 bridgehead atoms. The van der Waals surface area contributed by atoms with Gasteiger partial charge in [0.15, 0.2) is 0 Å². The van der Waals surface area contributed by atoms with Crippen molar-refractivity contribution in [2.45, 2.75) is 25.4 Å². The number of halogens is 1. The second kappa shape index (κ2) is 5.81. The van der Waals surface area contributed by atoms with Gasteiger partial charge in [0.1, 0.15) is 5.65 Å². The lowest BCUT2D eigenvalue weighted by atomic mass is 10.2. The van der Waals surface area contributed by atoms with Gasteiger partial charge in [0.2, 0.25) is 0 Å². The molecule has 0 radical (unpaired) electrons. The van der Waals surface area contributed by atoms with Crippen LogP contribution in [0, 0.1) is 0 Å². The number of carbonyl (C=O) groups excluding carboxylic acids is 1. The predicted octanol–water partition coefficient (Wildman–Crippen LogP) is 3.90. The van der Waals surface area contributed by atoms with Crippen molar-refractivity contribution in [2.75, 3.05) is 0 Å². The van der Waals surface area contributed by atoms with Crippen LogP contribution in [0.4, 0.5) is 0 Å². The summed E-state index contributed by atoms with van der Waals surface area (Å²) in [5, 5.41) is 0. The first-order valence-electron chi connectivity index (χ1n) is 7.69. The van der Waals surface area contributed by atoms with Gasteiger partial charge in [-0.1, -0.05) is 28.1 Å². The summed E-state index contributed by atoms with van der Waals surface area (Å²) in [5.41, 5.74) is 2.70. The summed E-state index contributed by atoms with van der Waals surface area (Å²) in [5.74, 6) is 0.0862. The fourth-order valence-electron chi connectivity index (χ4n) is 2.80. The van der Waals surface area contributed by atoms with Crippen LogP contribution in [-0.4, -0.2) is 26.2 Å².